The van der Waals surface area contributed by atoms with Gasteiger partial charge in [-0.3, -0.25) is 14.4 Å². The standard InChI is InChI=1S/C26H24N2O3/c1-2-14-6-3-4-9-21(14)27-24(29)15-7-5-8-16(12-15)28-25(30)22-17-10-11-18(20-13-19(17)20)23(22)26(28)31/h3-12,17-20,22-23H,2,13H2,1H3,(H,27,29)/t17-,18-,19-,20-,22+,23+/m0/s1. The van der Waals surface area contributed by atoms with Crippen molar-refractivity contribution in [3.63, 3.8) is 0 Å². The largest absolute Gasteiger partial charge is 0.322 e. The van der Waals surface area contributed by atoms with E-state index < -0.39 is 0 Å². The molecule has 3 amide bonds. The number of carbonyl (C=O) groups excluding carboxylic acids is 3. The number of rotatable bonds is 4. The molecule has 0 unspecified atom stereocenters. The van der Waals surface area contributed by atoms with Crippen molar-refractivity contribution >= 4 is 29.1 Å². The molecule has 156 valence electrons. The Balaban J connectivity index is 1.29. The van der Waals surface area contributed by atoms with Gasteiger partial charge in [0.05, 0.1) is 17.5 Å². The zero-order chi connectivity index (χ0) is 21.3. The van der Waals surface area contributed by atoms with Gasteiger partial charge < -0.3 is 5.32 Å². The first kappa shape index (κ1) is 18.6. The van der Waals surface area contributed by atoms with Gasteiger partial charge in [-0.15, -0.1) is 0 Å². The molecule has 7 rings (SSSR count). The van der Waals surface area contributed by atoms with Crippen LogP contribution in [0.5, 0.6) is 0 Å². The maximum atomic E-state index is 13.3. The molecule has 1 saturated heterocycles. The SMILES string of the molecule is CCc1ccccc1NC(=O)c1cccc(N2C(=O)[C@@H]3[C@H]4C=C[C@@H]([C@@H]5C[C@@H]45)[C@H]3C2=O)c1. The lowest BCUT2D eigenvalue weighted by atomic mass is 9.63. The van der Waals surface area contributed by atoms with Crippen molar-refractivity contribution in [3.05, 3.63) is 71.8 Å². The molecule has 2 bridgehead atoms. The maximum absolute atomic E-state index is 13.3. The van der Waals surface area contributed by atoms with Crippen LogP contribution in [0, 0.1) is 35.5 Å². The Bertz CT molecular complexity index is 1120. The van der Waals surface area contributed by atoms with Crippen molar-refractivity contribution in [3.8, 4) is 0 Å². The van der Waals surface area contributed by atoms with Crippen molar-refractivity contribution in [1.82, 2.24) is 0 Å². The van der Waals surface area contributed by atoms with Crippen LogP contribution in [0.15, 0.2) is 60.7 Å². The van der Waals surface area contributed by atoms with Gasteiger partial charge in [0.1, 0.15) is 0 Å². The number of anilines is 2. The van der Waals surface area contributed by atoms with E-state index in [2.05, 4.69) is 17.5 Å². The number of para-hydroxylation sites is 1. The number of carbonyl (C=O) groups is 3. The number of aryl methyl sites for hydroxylation is 1. The minimum absolute atomic E-state index is 0.103. The molecule has 31 heavy (non-hydrogen) atoms. The molecular formula is C26H24N2O3. The molecule has 5 heteroatoms. The zero-order valence-corrected chi connectivity index (χ0v) is 17.3. The van der Waals surface area contributed by atoms with E-state index in [-0.39, 0.29) is 41.4 Å². The highest BCUT2D eigenvalue weighted by Gasteiger charge is 2.67. The van der Waals surface area contributed by atoms with E-state index in [1.165, 1.54) is 4.90 Å². The van der Waals surface area contributed by atoms with Crippen LogP contribution >= 0.6 is 0 Å². The Morgan fingerprint density at radius 3 is 2.32 bits per heavy atom. The first-order valence-electron chi connectivity index (χ1n) is 11.1. The summed E-state index contributed by atoms with van der Waals surface area (Å²) in [6, 6.07) is 14.6. The highest BCUT2D eigenvalue weighted by molar-refractivity contribution is 6.23. The van der Waals surface area contributed by atoms with Crippen LogP contribution in [-0.2, 0) is 16.0 Å². The van der Waals surface area contributed by atoms with Crippen LogP contribution in [-0.4, -0.2) is 17.7 Å². The molecule has 1 aliphatic heterocycles. The van der Waals surface area contributed by atoms with Gasteiger partial charge in [0.25, 0.3) is 5.91 Å². The van der Waals surface area contributed by atoms with Gasteiger partial charge in [-0.05, 0) is 66.3 Å². The maximum Gasteiger partial charge on any atom is 0.255 e. The van der Waals surface area contributed by atoms with Crippen molar-refractivity contribution in [2.45, 2.75) is 19.8 Å². The number of benzene rings is 2. The summed E-state index contributed by atoms with van der Waals surface area (Å²) in [5.41, 5.74) is 2.76. The molecule has 4 aliphatic carbocycles. The third-order valence-electron chi connectivity index (χ3n) is 7.68. The van der Waals surface area contributed by atoms with E-state index in [1.54, 1.807) is 24.3 Å². The Morgan fingerprint density at radius 2 is 1.65 bits per heavy atom. The van der Waals surface area contributed by atoms with E-state index in [9.17, 15) is 14.4 Å². The van der Waals surface area contributed by atoms with Crippen LogP contribution in [0.1, 0.15) is 29.3 Å². The number of hydrogen-bond acceptors (Lipinski definition) is 3. The quantitative estimate of drug-likeness (QED) is 0.608. The van der Waals surface area contributed by atoms with Crippen molar-refractivity contribution in [2.24, 2.45) is 35.5 Å². The van der Waals surface area contributed by atoms with Crippen molar-refractivity contribution < 1.29 is 14.4 Å². The molecule has 3 fully saturated rings. The minimum Gasteiger partial charge on any atom is -0.322 e. The van der Waals surface area contributed by atoms with Crippen LogP contribution in [0.3, 0.4) is 0 Å². The van der Waals surface area contributed by atoms with Crippen LogP contribution in [0.25, 0.3) is 0 Å². The van der Waals surface area contributed by atoms with Gasteiger partial charge in [-0.2, -0.15) is 0 Å². The molecule has 0 aromatic heterocycles. The number of nitrogens with zero attached hydrogens (tertiary/aromatic N) is 1. The smallest absolute Gasteiger partial charge is 0.255 e. The molecule has 2 aromatic rings. The van der Waals surface area contributed by atoms with Gasteiger partial charge in [0, 0.05) is 11.3 Å². The monoisotopic (exact) mass is 412 g/mol. The summed E-state index contributed by atoms with van der Waals surface area (Å²) in [5, 5.41) is 2.97. The minimum atomic E-state index is -0.248. The average Bonchev–Trinajstić information content (AvgIpc) is 3.57. The van der Waals surface area contributed by atoms with Crippen LogP contribution < -0.4 is 10.2 Å². The van der Waals surface area contributed by atoms with Gasteiger partial charge in [0.2, 0.25) is 11.8 Å². The summed E-state index contributed by atoms with van der Waals surface area (Å²) in [5.74, 6) is 0.606. The van der Waals surface area contributed by atoms with Gasteiger partial charge in [-0.1, -0.05) is 43.3 Å². The van der Waals surface area contributed by atoms with E-state index in [0.717, 1.165) is 24.1 Å². The predicted octanol–water partition coefficient (Wildman–Crippen LogP) is 4.06. The number of allylic oxidation sites excluding steroid dienone is 2. The average molecular weight is 412 g/mol. The van der Waals surface area contributed by atoms with E-state index in [0.29, 0.717) is 23.1 Å². The molecule has 2 aromatic carbocycles. The normalized spacial score (nSPS) is 32.1. The molecular weight excluding hydrogens is 388 g/mol. The number of hydrogen-bond donors (Lipinski definition) is 1. The first-order valence-corrected chi connectivity index (χ1v) is 11.1. The summed E-state index contributed by atoms with van der Waals surface area (Å²) in [6.07, 6.45) is 6.30. The highest BCUT2D eigenvalue weighted by Crippen LogP contribution is 2.65. The third kappa shape index (κ3) is 2.65. The summed E-state index contributed by atoms with van der Waals surface area (Å²) >= 11 is 0. The summed E-state index contributed by atoms with van der Waals surface area (Å²) in [6.45, 7) is 2.04. The number of nitrogens with one attached hydrogen (secondary N) is 1. The lowest BCUT2D eigenvalue weighted by molar-refractivity contribution is -0.124. The fourth-order valence-corrected chi connectivity index (χ4v) is 6.14. The fourth-order valence-electron chi connectivity index (χ4n) is 6.14. The van der Waals surface area contributed by atoms with E-state index in [1.807, 2.05) is 31.2 Å². The molecule has 0 radical (unpaired) electrons. The lowest BCUT2D eigenvalue weighted by Crippen LogP contribution is -2.40. The first-order chi connectivity index (χ1) is 15.1. The van der Waals surface area contributed by atoms with Crippen molar-refractivity contribution in [2.75, 3.05) is 10.2 Å². The molecule has 5 nitrogen and oxygen atoms in total. The van der Waals surface area contributed by atoms with E-state index >= 15 is 0 Å². The lowest BCUT2D eigenvalue weighted by Gasteiger charge is -2.37. The molecule has 6 atom stereocenters. The van der Waals surface area contributed by atoms with Crippen molar-refractivity contribution in [1.29, 1.82) is 0 Å². The van der Waals surface area contributed by atoms with Crippen LogP contribution in [0.4, 0.5) is 11.4 Å². The van der Waals surface area contributed by atoms with Crippen LogP contribution in [0.2, 0.25) is 0 Å². The topological polar surface area (TPSA) is 66.5 Å². The molecule has 1 N–H and O–H groups in total. The molecule has 5 aliphatic rings. The number of amides is 3. The Kier molecular flexibility index (Phi) is 3.98. The van der Waals surface area contributed by atoms with Gasteiger partial charge in [-0.25, -0.2) is 4.90 Å². The highest BCUT2D eigenvalue weighted by atomic mass is 16.2. The molecule has 0 spiro atoms. The second-order valence-electron chi connectivity index (χ2n) is 9.18. The third-order valence-corrected chi connectivity index (χ3v) is 7.68. The van der Waals surface area contributed by atoms with E-state index in [4.69, 9.17) is 0 Å². The van der Waals surface area contributed by atoms with Gasteiger partial charge in [0.15, 0.2) is 0 Å². The second kappa shape index (κ2) is 6.64. The summed E-state index contributed by atoms with van der Waals surface area (Å²) < 4.78 is 0. The predicted molar refractivity (Wildman–Crippen MR) is 117 cm³/mol. The second-order valence-corrected chi connectivity index (χ2v) is 9.18. The Morgan fingerprint density at radius 1 is 0.968 bits per heavy atom. The summed E-state index contributed by atoms with van der Waals surface area (Å²) in [7, 11) is 0. The molecule has 2 saturated carbocycles. The summed E-state index contributed by atoms with van der Waals surface area (Å²) in [4.78, 5) is 40.9. The number of imide groups is 1. The fraction of sp³-hybridized carbons (Fsp3) is 0.346. The Labute approximate surface area is 181 Å². The van der Waals surface area contributed by atoms with Gasteiger partial charge >= 0.3 is 0 Å². The zero-order valence-electron chi connectivity index (χ0n) is 17.3. The Hall–Kier alpha value is -3.21. The molecule has 1 heterocycles.